The van der Waals surface area contributed by atoms with Crippen molar-refractivity contribution in [2.24, 2.45) is 0 Å². The summed E-state index contributed by atoms with van der Waals surface area (Å²) in [5.74, 6) is -0.277. The first-order chi connectivity index (χ1) is 9.16. The van der Waals surface area contributed by atoms with E-state index in [4.69, 9.17) is 0 Å². The smallest absolute Gasteiger partial charge is 0.270 e. The first-order valence-electron chi connectivity index (χ1n) is 5.54. The number of nitro benzene ring substituents is 1. The Morgan fingerprint density at radius 1 is 1.21 bits per heavy atom. The molecule has 1 aromatic heterocycles. The summed E-state index contributed by atoms with van der Waals surface area (Å²) in [6.07, 6.45) is 6.27. The lowest BCUT2D eigenvalue weighted by Gasteiger charge is -1.96. The van der Waals surface area contributed by atoms with E-state index in [1.165, 1.54) is 24.3 Å². The minimum Gasteiger partial charge on any atom is -0.289 e. The normalized spacial score (nSPS) is 10.5. The maximum Gasteiger partial charge on any atom is 0.270 e. The molecule has 0 N–H and O–H groups in total. The van der Waals surface area contributed by atoms with Gasteiger partial charge < -0.3 is 0 Å². The molecule has 2 rings (SSSR count). The van der Waals surface area contributed by atoms with Crippen molar-refractivity contribution in [3.8, 4) is 0 Å². The molecule has 0 aliphatic heterocycles. The minimum atomic E-state index is -0.524. The topological polar surface area (TPSA) is 73.1 Å². The number of non-ortho nitro benzene ring substituents is 1. The third kappa shape index (κ3) is 3.32. The predicted octanol–water partition coefficient (Wildman–Crippen LogP) is 2.89. The first kappa shape index (κ1) is 12.6. The summed E-state index contributed by atoms with van der Waals surface area (Å²) in [7, 11) is 0. The number of allylic oxidation sites excluding steroid dienone is 1. The molecule has 1 heterocycles. The second-order valence-electron chi connectivity index (χ2n) is 3.79. The fourth-order valence-corrected chi connectivity index (χ4v) is 1.52. The number of benzene rings is 1. The van der Waals surface area contributed by atoms with Crippen LogP contribution < -0.4 is 0 Å². The van der Waals surface area contributed by atoms with Gasteiger partial charge in [-0.05, 0) is 23.8 Å². The zero-order valence-electron chi connectivity index (χ0n) is 9.89. The van der Waals surface area contributed by atoms with Gasteiger partial charge in [-0.15, -0.1) is 0 Å². The van der Waals surface area contributed by atoms with E-state index in [2.05, 4.69) is 4.98 Å². The summed E-state index contributed by atoms with van der Waals surface area (Å²) in [6, 6.07) is 9.18. The molecule has 0 amide bonds. The van der Waals surface area contributed by atoms with Crippen molar-refractivity contribution in [1.82, 2.24) is 4.98 Å². The fraction of sp³-hybridized carbons (Fsp3) is 0. The summed E-state index contributed by atoms with van der Waals surface area (Å²) in [5.41, 5.74) is 1.04. The minimum absolute atomic E-state index is 0.0943. The highest BCUT2D eigenvalue weighted by Gasteiger charge is 2.09. The molecular weight excluding hydrogens is 244 g/mol. The number of hydrogen-bond donors (Lipinski definition) is 0. The molecule has 94 valence electrons. The van der Waals surface area contributed by atoms with Crippen LogP contribution in [-0.2, 0) is 0 Å². The highest BCUT2D eigenvalue weighted by atomic mass is 16.6. The Bertz CT molecular complexity index is 636. The Morgan fingerprint density at radius 3 is 2.63 bits per heavy atom. The average Bonchev–Trinajstić information content (AvgIpc) is 2.46. The Kier molecular flexibility index (Phi) is 3.78. The van der Waals surface area contributed by atoms with Gasteiger partial charge in [0.2, 0.25) is 0 Å². The van der Waals surface area contributed by atoms with E-state index in [0.29, 0.717) is 5.56 Å². The third-order valence-corrected chi connectivity index (χ3v) is 2.47. The number of nitro groups is 1. The van der Waals surface area contributed by atoms with Gasteiger partial charge in [-0.25, -0.2) is 0 Å². The molecule has 0 unspecified atom stereocenters. The van der Waals surface area contributed by atoms with Crippen LogP contribution in [0, 0.1) is 10.1 Å². The van der Waals surface area contributed by atoms with Crippen LogP contribution in [0.3, 0.4) is 0 Å². The molecule has 5 nitrogen and oxygen atoms in total. The molecule has 0 bridgehead atoms. The van der Waals surface area contributed by atoms with E-state index < -0.39 is 4.92 Å². The maximum atomic E-state index is 11.9. The Morgan fingerprint density at radius 2 is 1.95 bits per heavy atom. The highest BCUT2D eigenvalue weighted by Crippen LogP contribution is 2.14. The van der Waals surface area contributed by atoms with Gasteiger partial charge >= 0.3 is 0 Å². The number of rotatable bonds is 4. The van der Waals surface area contributed by atoms with Crippen LogP contribution in [-0.4, -0.2) is 15.7 Å². The molecule has 0 spiro atoms. The predicted molar refractivity (Wildman–Crippen MR) is 70.7 cm³/mol. The summed E-state index contributed by atoms with van der Waals surface area (Å²) in [4.78, 5) is 25.8. The lowest BCUT2D eigenvalue weighted by molar-refractivity contribution is -0.384. The molecular formula is C14H10N2O3. The van der Waals surface area contributed by atoms with Gasteiger partial charge in [-0.2, -0.15) is 0 Å². The van der Waals surface area contributed by atoms with Gasteiger partial charge in [0.1, 0.15) is 0 Å². The lowest BCUT2D eigenvalue weighted by Crippen LogP contribution is -1.96. The Hall–Kier alpha value is -2.82. The van der Waals surface area contributed by atoms with Gasteiger partial charge in [-0.1, -0.05) is 18.2 Å². The van der Waals surface area contributed by atoms with E-state index >= 15 is 0 Å². The van der Waals surface area contributed by atoms with Crippen LogP contribution in [0.15, 0.2) is 54.9 Å². The van der Waals surface area contributed by atoms with E-state index in [0.717, 1.165) is 5.56 Å². The zero-order valence-corrected chi connectivity index (χ0v) is 9.89. The first-order valence-corrected chi connectivity index (χ1v) is 5.54. The second-order valence-corrected chi connectivity index (χ2v) is 3.79. The average molecular weight is 254 g/mol. The molecule has 0 saturated carbocycles. The van der Waals surface area contributed by atoms with Crippen LogP contribution in [0.25, 0.3) is 6.08 Å². The van der Waals surface area contributed by atoms with Crippen LogP contribution in [0.2, 0.25) is 0 Å². The molecule has 0 aliphatic rings. The van der Waals surface area contributed by atoms with Crippen LogP contribution in [0.5, 0.6) is 0 Å². The number of ketones is 1. The molecule has 19 heavy (non-hydrogen) atoms. The van der Waals surface area contributed by atoms with Crippen molar-refractivity contribution < 1.29 is 9.72 Å². The maximum absolute atomic E-state index is 11.9. The van der Waals surface area contributed by atoms with Crippen LogP contribution in [0.1, 0.15) is 15.9 Å². The summed E-state index contributed by atoms with van der Waals surface area (Å²) in [5, 5.41) is 10.6. The monoisotopic (exact) mass is 254 g/mol. The van der Waals surface area contributed by atoms with Crippen molar-refractivity contribution in [3.63, 3.8) is 0 Å². The van der Waals surface area contributed by atoms with Gasteiger partial charge in [0.25, 0.3) is 5.69 Å². The summed E-state index contributed by atoms with van der Waals surface area (Å²) < 4.78 is 0. The van der Waals surface area contributed by atoms with Gasteiger partial charge in [0.05, 0.1) is 4.92 Å². The van der Waals surface area contributed by atoms with Gasteiger partial charge in [0.15, 0.2) is 5.78 Å². The van der Waals surface area contributed by atoms with Crippen molar-refractivity contribution in [1.29, 1.82) is 0 Å². The summed E-state index contributed by atoms with van der Waals surface area (Å²) >= 11 is 0. The molecule has 0 radical (unpaired) electrons. The Labute approximate surface area is 109 Å². The van der Waals surface area contributed by atoms with E-state index in [9.17, 15) is 14.9 Å². The van der Waals surface area contributed by atoms with E-state index in [1.807, 2.05) is 0 Å². The number of pyridine rings is 1. The van der Waals surface area contributed by atoms with Gasteiger partial charge in [-0.3, -0.25) is 19.9 Å². The number of carbonyl (C=O) groups is 1. The SMILES string of the molecule is O=C(/C=C/c1ccncc1)c1cccc([N+](=O)[O-])c1. The number of hydrogen-bond acceptors (Lipinski definition) is 4. The van der Waals surface area contributed by atoms with Crippen LogP contribution >= 0.6 is 0 Å². The Balaban J connectivity index is 2.18. The highest BCUT2D eigenvalue weighted by molar-refractivity contribution is 6.07. The zero-order chi connectivity index (χ0) is 13.7. The molecule has 0 aliphatic carbocycles. The van der Waals surface area contributed by atoms with Crippen molar-refractivity contribution >= 4 is 17.5 Å². The molecule has 1 aromatic carbocycles. The third-order valence-electron chi connectivity index (χ3n) is 2.47. The fourth-order valence-electron chi connectivity index (χ4n) is 1.52. The largest absolute Gasteiger partial charge is 0.289 e. The molecule has 5 heteroatoms. The quantitative estimate of drug-likeness (QED) is 0.364. The number of nitrogens with zero attached hydrogens (tertiary/aromatic N) is 2. The molecule has 0 fully saturated rings. The van der Waals surface area contributed by atoms with Crippen molar-refractivity contribution in [2.75, 3.05) is 0 Å². The standard InChI is InChI=1S/C14H10N2O3/c17-14(5-4-11-6-8-15-9-7-11)12-2-1-3-13(10-12)16(18)19/h1-10H/b5-4+. The summed E-state index contributed by atoms with van der Waals surface area (Å²) in [6.45, 7) is 0. The van der Waals surface area contributed by atoms with Crippen LogP contribution in [0.4, 0.5) is 5.69 Å². The molecule has 0 atom stereocenters. The van der Waals surface area contributed by atoms with Gasteiger partial charge in [0, 0.05) is 30.1 Å². The lowest BCUT2D eigenvalue weighted by atomic mass is 10.1. The van der Waals surface area contributed by atoms with E-state index in [1.54, 1.807) is 36.7 Å². The van der Waals surface area contributed by atoms with Crippen molar-refractivity contribution in [3.05, 3.63) is 76.1 Å². The second kappa shape index (κ2) is 5.68. The van der Waals surface area contributed by atoms with E-state index in [-0.39, 0.29) is 11.5 Å². The van der Waals surface area contributed by atoms with Crippen molar-refractivity contribution in [2.45, 2.75) is 0 Å². The molecule has 0 saturated heterocycles. The number of carbonyl (C=O) groups excluding carboxylic acids is 1. The number of aromatic nitrogens is 1. The molecule has 2 aromatic rings.